The first-order valence-corrected chi connectivity index (χ1v) is 10.2. The Balaban J connectivity index is 0.00000101. The van der Waals surface area contributed by atoms with Crippen LogP contribution >= 0.6 is 0 Å². The minimum atomic E-state index is -0.166. The Labute approximate surface area is 179 Å². The van der Waals surface area contributed by atoms with E-state index in [1.54, 1.807) is 12.1 Å². The summed E-state index contributed by atoms with van der Waals surface area (Å²) < 4.78 is 5.79. The predicted octanol–water partition coefficient (Wildman–Crippen LogP) is 5.78. The van der Waals surface area contributed by atoms with E-state index in [0.717, 1.165) is 36.5 Å². The number of anilines is 2. The van der Waals surface area contributed by atoms with Crippen molar-refractivity contribution in [3.63, 3.8) is 0 Å². The Morgan fingerprint density at radius 2 is 1.47 bits per heavy atom. The first-order chi connectivity index (χ1) is 14.7. The zero-order chi connectivity index (χ0) is 21.6. The minimum Gasteiger partial charge on any atom is -0.457 e. The van der Waals surface area contributed by atoms with E-state index in [4.69, 9.17) is 4.74 Å². The normalized spacial score (nSPS) is 9.83. The molecule has 0 aliphatic heterocycles. The third-order valence-corrected chi connectivity index (χ3v) is 4.08. The van der Waals surface area contributed by atoms with Gasteiger partial charge in [-0.1, -0.05) is 37.6 Å². The van der Waals surface area contributed by atoms with Crippen LogP contribution in [0.3, 0.4) is 0 Å². The lowest BCUT2D eigenvalue weighted by Gasteiger charge is -2.10. The molecule has 0 saturated heterocycles. The van der Waals surface area contributed by atoms with Crippen molar-refractivity contribution in [2.24, 2.45) is 0 Å². The summed E-state index contributed by atoms with van der Waals surface area (Å²) >= 11 is 0. The average Bonchev–Trinajstić information content (AvgIpc) is 2.77. The van der Waals surface area contributed by atoms with Crippen LogP contribution in [0.4, 0.5) is 11.4 Å². The first kappa shape index (κ1) is 23.0. The van der Waals surface area contributed by atoms with E-state index in [1.807, 2.05) is 80.8 Å². The predicted molar refractivity (Wildman–Crippen MR) is 126 cm³/mol. The van der Waals surface area contributed by atoms with Gasteiger partial charge in [0.2, 0.25) is 0 Å². The van der Waals surface area contributed by atoms with Crippen molar-refractivity contribution in [1.29, 1.82) is 0 Å². The van der Waals surface area contributed by atoms with Crippen molar-refractivity contribution < 1.29 is 9.53 Å². The number of rotatable bonds is 8. The number of ether oxygens (including phenoxy) is 1. The Hall–Kier alpha value is -3.31. The van der Waals surface area contributed by atoms with Gasteiger partial charge < -0.3 is 20.7 Å². The summed E-state index contributed by atoms with van der Waals surface area (Å²) in [5, 5.41) is 9.03. The molecule has 0 spiro atoms. The minimum absolute atomic E-state index is 0.166. The fourth-order valence-electron chi connectivity index (χ4n) is 2.61. The van der Waals surface area contributed by atoms with E-state index in [1.165, 1.54) is 0 Å². The van der Waals surface area contributed by atoms with Crippen LogP contribution in [0.5, 0.6) is 11.5 Å². The van der Waals surface area contributed by atoms with Crippen LogP contribution in [0.25, 0.3) is 0 Å². The van der Waals surface area contributed by atoms with Crippen molar-refractivity contribution in [2.75, 3.05) is 31.3 Å². The molecule has 0 aliphatic carbocycles. The number of amides is 1. The number of hydrogen-bond acceptors (Lipinski definition) is 4. The van der Waals surface area contributed by atoms with Crippen LogP contribution in [-0.2, 0) is 0 Å². The van der Waals surface area contributed by atoms with Crippen molar-refractivity contribution >= 4 is 17.3 Å². The lowest BCUT2D eigenvalue weighted by Crippen LogP contribution is -2.11. The molecule has 3 aromatic rings. The Morgan fingerprint density at radius 3 is 2.13 bits per heavy atom. The van der Waals surface area contributed by atoms with Crippen LogP contribution in [0, 0.1) is 0 Å². The van der Waals surface area contributed by atoms with Gasteiger partial charge in [0.1, 0.15) is 11.5 Å². The molecule has 5 nitrogen and oxygen atoms in total. The second kappa shape index (κ2) is 13.0. The van der Waals surface area contributed by atoms with E-state index in [-0.39, 0.29) is 5.91 Å². The van der Waals surface area contributed by atoms with E-state index < -0.39 is 0 Å². The molecule has 0 saturated carbocycles. The highest BCUT2D eigenvalue weighted by Crippen LogP contribution is 2.22. The fraction of sp³-hybridized carbons (Fsp3) is 0.240. The van der Waals surface area contributed by atoms with E-state index in [0.29, 0.717) is 11.3 Å². The molecule has 0 unspecified atom stereocenters. The zero-order valence-corrected chi connectivity index (χ0v) is 17.9. The molecular formula is C25H31N3O2. The molecule has 3 rings (SSSR count). The second-order valence-electron chi connectivity index (χ2n) is 6.75. The zero-order valence-electron chi connectivity index (χ0n) is 17.9. The fourth-order valence-corrected chi connectivity index (χ4v) is 2.61. The quantitative estimate of drug-likeness (QED) is 0.416. The SMILES string of the molecule is CCCCNc1ccc(NC(=O)c2cccc(Oc3ccccc3)c2)cc1.CNC. The van der Waals surface area contributed by atoms with E-state index >= 15 is 0 Å². The maximum atomic E-state index is 12.5. The summed E-state index contributed by atoms with van der Waals surface area (Å²) in [7, 11) is 3.75. The van der Waals surface area contributed by atoms with Crippen LogP contribution in [0.1, 0.15) is 30.1 Å². The number of benzene rings is 3. The standard InChI is InChI=1S/C23H24N2O2.C2H7N/c1-2-3-16-24-19-12-14-20(15-13-19)25-23(26)18-8-7-11-22(17-18)27-21-9-5-4-6-10-21;1-3-2/h4-15,17,24H,2-3,16H2,1H3,(H,25,26);3H,1-2H3. The van der Waals surface area contributed by atoms with Gasteiger partial charge in [-0.25, -0.2) is 0 Å². The maximum Gasteiger partial charge on any atom is 0.255 e. The lowest BCUT2D eigenvalue weighted by atomic mass is 10.2. The first-order valence-electron chi connectivity index (χ1n) is 10.2. The van der Waals surface area contributed by atoms with Crippen molar-refractivity contribution in [3.8, 4) is 11.5 Å². The van der Waals surface area contributed by atoms with Crippen LogP contribution in [0.2, 0.25) is 0 Å². The number of hydrogen-bond donors (Lipinski definition) is 3. The lowest BCUT2D eigenvalue weighted by molar-refractivity contribution is 0.102. The summed E-state index contributed by atoms with van der Waals surface area (Å²) in [4.78, 5) is 12.5. The molecule has 3 aromatic carbocycles. The van der Waals surface area contributed by atoms with Gasteiger partial charge >= 0.3 is 0 Å². The Kier molecular flexibility index (Phi) is 9.97. The van der Waals surface area contributed by atoms with Gasteiger partial charge in [0.15, 0.2) is 0 Å². The smallest absolute Gasteiger partial charge is 0.255 e. The molecule has 1 amide bonds. The largest absolute Gasteiger partial charge is 0.457 e. The van der Waals surface area contributed by atoms with Gasteiger partial charge in [-0.05, 0) is 75.1 Å². The molecule has 0 aliphatic rings. The second-order valence-corrected chi connectivity index (χ2v) is 6.75. The van der Waals surface area contributed by atoms with Crippen LogP contribution in [-0.4, -0.2) is 26.5 Å². The third-order valence-electron chi connectivity index (χ3n) is 4.08. The maximum absolute atomic E-state index is 12.5. The summed E-state index contributed by atoms with van der Waals surface area (Å²) in [5.41, 5.74) is 2.36. The van der Waals surface area contributed by atoms with Gasteiger partial charge in [-0.3, -0.25) is 4.79 Å². The number of para-hydroxylation sites is 1. The highest BCUT2D eigenvalue weighted by Gasteiger charge is 2.08. The highest BCUT2D eigenvalue weighted by atomic mass is 16.5. The Morgan fingerprint density at radius 1 is 0.833 bits per heavy atom. The van der Waals surface area contributed by atoms with Crippen molar-refractivity contribution in [1.82, 2.24) is 5.32 Å². The number of carbonyl (C=O) groups excluding carboxylic acids is 1. The molecule has 5 heteroatoms. The third kappa shape index (κ3) is 7.97. The van der Waals surface area contributed by atoms with E-state index in [2.05, 4.69) is 22.9 Å². The van der Waals surface area contributed by atoms with Gasteiger partial charge in [0.25, 0.3) is 5.91 Å². The van der Waals surface area contributed by atoms with Crippen LogP contribution in [0.15, 0.2) is 78.9 Å². The summed E-state index contributed by atoms with van der Waals surface area (Å²) in [6.45, 7) is 3.12. The van der Waals surface area contributed by atoms with Gasteiger partial charge in [-0.2, -0.15) is 0 Å². The number of nitrogens with one attached hydrogen (secondary N) is 3. The topological polar surface area (TPSA) is 62.4 Å². The van der Waals surface area contributed by atoms with Crippen molar-refractivity contribution in [2.45, 2.75) is 19.8 Å². The molecular weight excluding hydrogens is 374 g/mol. The summed E-state index contributed by atoms with van der Waals surface area (Å²) in [5.74, 6) is 1.20. The van der Waals surface area contributed by atoms with E-state index in [9.17, 15) is 4.79 Å². The molecule has 30 heavy (non-hydrogen) atoms. The Bertz CT molecular complexity index is 880. The van der Waals surface area contributed by atoms with Gasteiger partial charge in [0, 0.05) is 23.5 Å². The monoisotopic (exact) mass is 405 g/mol. The van der Waals surface area contributed by atoms with Crippen molar-refractivity contribution in [3.05, 3.63) is 84.4 Å². The summed E-state index contributed by atoms with van der Waals surface area (Å²) in [6, 6.07) is 24.4. The molecule has 0 heterocycles. The molecule has 0 bridgehead atoms. The van der Waals surface area contributed by atoms with Gasteiger partial charge in [-0.15, -0.1) is 0 Å². The van der Waals surface area contributed by atoms with Crippen LogP contribution < -0.4 is 20.7 Å². The summed E-state index contributed by atoms with van der Waals surface area (Å²) in [6.07, 6.45) is 2.30. The highest BCUT2D eigenvalue weighted by molar-refractivity contribution is 6.04. The van der Waals surface area contributed by atoms with Gasteiger partial charge in [0.05, 0.1) is 0 Å². The molecule has 0 radical (unpaired) electrons. The molecule has 0 aromatic heterocycles. The molecule has 0 fully saturated rings. The average molecular weight is 406 g/mol. The molecule has 0 atom stereocenters. The molecule has 3 N–H and O–H groups in total. The number of carbonyl (C=O) groups is 1. The number of unbranched alkanes of at least 4 members (excludes halogenated alkanes) is 1. The molecule has 158 valence electrons.